The highest BCUT2D eigenvalue weighted by molar-refractivity contribution is 6.28. The largest absolute Gasteiger partial charge is 0.298 e. The minimum atomic E-state index is -0.00287. The monoisotopic (exact) mass is 255 g/mol. The fraction of sp³-hybridized carbons (Fsp3) is 0.846. The van der Waals surface area contributed by atoms with E-state index < -0.39 is 0 Å². The van der Waals surface area contributed by atoms with Crippen LogP contribution in [0.25, 0.3) is 0 Å². The van der Waals surface area contributed by atoms with E-state index in [4.69, 9.17) is 11.6 Å². The maximum atomic E-state index is 6.22. The van der Waals surface area contributed by atoms with Gasteiger partial charge in [0, 0.05) is 11.5 Å². The van der Waals surface area contributed by atoms with Gasteiger partial charge in [-0.25, -0.2) is 0 Å². The van der Waals surface area contributed by atoms with Crippen LogP contribution in [0.2, 0.25) is 5.28 Å². The van der Waals surface area contributed by atoms with Crippen LogP contribution in [0, 0.1) is 5.92 Å². The van der Waals surface area contributed by atoms with Crippen molar-refractivity contribution in [3.05, 3.63) is 11.1 Å². The summed E-state index contributed by atoms with van der Waals surface area (Å²) in [5.41, 5.74) is -0.00287. The molecule has 0 aromatic carbocycles. The number of hydrogen-bond donors (Lipinski definition) is 0. The second-order valence-electron chi connectivity index (χ2n) is 6.15. The third kappa shape index (κ3) is 2.82. The van der Waals surface area contributed by atoms with Gasteiger partial charge < -0.3 is 0 Å². The van der Waals surface area contributed by atoms with Gasteiger partial charge in [0.25, 0.3) is 0 Å². The predicted octanol–water partition coefficient (Wildman–Crippen LogP) is 3.98. The Morgan fingerprint density at radius 1 is 1.35 bits per heavy atom. The molecular weight excluding hydrogens is 234 g/mol. The molecule has 17 heavy (non-hydrogen) atoms. The summed E-state index contributed by atoms with van der Waals surface area (Å²) < 4.78 is 2.15. The zero-order valence-corrected chi connectivity index (χ0v) is 12.0. The normalized spacial score (nSPS) is 18.4. The average Bonchev–Trinajstić information content (AvgIpc) is 2.96. The van der Waals surface area contributed by atoms with Gasteiger partial charge in [-0.2, -0.15) is 0 Å². The van der Waals surface area contributed by atoms with Crippen molar-refractivity contribution in [1.29, 1.82) is 0 Å². The fourth-order valence-electron chi connectivity index (χ4n) is 2.30. The number of halogens is 1. The molecule has 0 amide bonds. The number of rotatable bonds is 4. The lowest BCUT2D eigenvalue weighted by Crippen LogP contribution is -2.22. The second-order valence-corrected chi connectivity index (χ2v) is 6.49. The SMILES string of the molecule is CCC(CC1CC1)n1c(Cl)nnc1C(C)(C)C. The molecule has 2 rings (SSSR count). The van der Waals surface area contributed by atoms with E-state index in [1.165, 1.54) is 19.3 Å². The zero-order chi connectivity index (χ0) is 12.6. The van der Waals surface area contributed by atoms with Crippen molar-refractivity contribution in [1.82, 2.24) is 14.8 Å². The maximum Gasteiger partial charge on any atom is 0.225 e. The Kier molecular flexibility index (Phi) is 3.48. The molecule has 1 aromatic heterocycles. The first kappa shape index (κ1) is 12.9. The second kappa shape index (κ2) is 4.60. The zero-order valence-electron chi connectivity index (χ0n) is 11.2. The highest BCUT2D eigenvalue weighted by atomic mass is 35.5. The summed E-state index contributed by atoms with van der Waals surface area (Å²) in [4.78, 5) is 0. The molecule has 96 valence electrons. The molecule has 4 heteroatoms. The van der Waals surface area contributed by atoms with Gasteiger partial charge in [-0.05, 0) is 30.4 Å². The first-order chi connectivity index (χ1) is 7.93. The van der Waals surface area contributed by atoms with E-state index in [-0.39, 0.29) is 5.41 Å². The van der Waals surface area contributed by atoms with Crippen LogP contribution >= 0.6 is 11.6 Å². The first-order valence-electron chi connectivity index (χ1n) is 6.54. The van der Waals surface area contributed by atoms with E-state index in [2.05, 4.69) is 42.5 Å². The van der Waals surface area contributed by atoms with Crippen LogP contribution in [-0.2, 0) is 5.41 Å². The molecule has 0 radical (unpaired) electrons. The smallest absolute Gasteiger partial charge is 0.225 e. The summed E-state index contributed by atoms with van der Waals surface area (Å²) in [6, 6.07) is 0.458. The molecule has 1 fully saturated rings. The molecule has 3 nitrogen and oxygen atoms in total. The summed E-state index contributed by atoms with van der Waals surface area (Å²) in [5.74, 6) is 1.90. The van der Waals surface area contributed by atoms with E-state index in [1.54, 1.807) is 0 Å². The van der Waals surface area contributed by atoms with Crippen molar-refractivity contribution in [2.75, 3.05) is 0 Å². The first-order valence-corrected chi connectivity index (χ1v) is 6.92. The van der Waals surface area contributed by atoms with Gasteiger partial charge in [-0.1, -0.05) is 40.5 Å². The van der Waals surface area contributed by atoms with Gasteiger partial charge in [-0.15, -0.1) is 10.2 Å². The topological polar surface area (TPSA) is 30.7 Å². The molecular formula is C13H22ClN3. The molecule has 0 saturated heterocycles. The Morgan fingerprint density at radius 3 is 2.47 bits per heavy atom. The minimum absolute atomic E-state index is 0.00287. The van der Waals surface area contributed by atoms with E-state index >= 15 is 0 Å². The van der Waals surface area contributed by atoms with Gasteiger partial charge in [0.15, 0.2) is 0 Å². The lowest BCUT2D eigenvalue weighted by atomic mass is 9.94. The van der Waals surface area contributed by atoms with Crippen molar-refractivity contribution < 1.29 is 0 Å². The Morgan fingerprint density at radius 2 is 2.00 bits per heavy atom. The van der Waals surface area contributed by atoms with Gasteiger partial charge in [0.1, 0.15) is 5.82 Å². The number of hydrogen-bond acceptors (Lipinski definition) is 2. The standard InChI is InChI=1S/C13H22ClN3/c1-5-10(8-9-6-7-9)17-11(13(2,3)4)15-16-12(17)14/h9-10H,5-8H2,1-4H3. The van der Waals surface area contributed by atoms with E-state index in [1.807, 2.05) is 0 Å². The summed E-state index contributed by atoms with van der Waals surface area (Å²) in [6.45, 7) is 8.70. The molecule has 1 aliphatic rings. The average molecular weight is 256 g/mol. The van der Waals surface area contributed by atoms with Gasteiger partial charge in [0.2, 0.25) is 5.28 Å². The van der Waals surface area contributed by atoms with Gasteiger partial charge >= 0.3 is 0 Å². The summed E-state index contributed by atoms with van der Waals surface area (Å²) in [6.07, 6.45) is 5.07. The van der Waals surface area contributed by atoms with Crippen LogP contribution in [0.3, 0.4) is 0 Å². The third-order valence-corrected chi connectivity index (χ3v) is 3.72. The van der Waals surface area contributed by atoms with Crippen molar-refractivity contribution in [2.24, 2.45) is 5.92 Å². The van der Waals surface area contributed by atoms with Crippen LogP contribution in [0.1, 0.15) is 65.2 Å². The molecule has 1 heterocycles. The van der Waals surface area contributed by atoms with Crippen LogP contribution in [0.4, 0.5) is 0 Å². The van der Waals surface area contributed by atoms with Crippen LogP contribution in [0.15, 0.2) is 0 Å². The van der Waals surface area contributed by atoms with Gasteiger partial charge in [0.05, 0.1) is 0 Å². The molecule has 0 bridgehead atoms. The van der Waals surface area contributed by atoms with Crippen LogP contribution < -0.4 is 0 Å². The summed E-state index contributed by atoms with van der Waals surface area (Å²) in [7, 11) is 0. The molecule has 1 saturated carbocycles. The van der Waals surface area contributed by atoms with E-state index in [0.717, 1.165) is 18.2 Å². The molecule has 1 unspecified atom stereocenters. The van der Waals surface area contributed by atoms with Gasteiger partial charge in [-0.3, -0.25) is 4.57 Å². The van der Waals surface area contributed by atoms with Crippen molar-refractivity contribution in [2.45, 2.75) is 64.8 Å². The third-order valence-electron chi connectivity index (χ3n) is 3.46. The van der Waals surface area contributed by atoms with Crippen LogP contribution in [-0.4, -0.2) is 14.8 Å². The highest BCUT2D eigenvalue weighted by Crippen LogP contribution is 2.40. The molecule has 1 aromatic rings. The van der Waals surface area contributed by atoms with Crippen molar-refractivity contribution in [3.8, 4) is 0 Å². The summed E-state index contributed by atoms with van der Waals surface area (Å²) in [5, 5.41) is 8.87. The molecule has 0 spiro atoms. The molecule has 1 aliphatic carbocycles. The Bertz CT molecular complexity index is 388. The number of nitrogens with zero attached hydrogens (tertiary/aromatic N) is 3. The highest BCUT2D eigenvalue weighted by Gasteiger charge is 2.31. The fourth-order valence-corrected chi connectivity index (χ4v) is 2.56. The molecule has 0 N–H and O–H groups in total. The Labute approximate surface area is 109 Å². The molecule has 1 atom stereocenters. The minimum Gasteiger partial charge on any atom is -0.298 e. The Balaban J connectivity index is 2.30. The Hall–Kier alpha value is -0.570. The quantitative estimate of drug-likeness (QED) is 0.815. The maximum absolute atomic E-state index is 6.22. The van der Waals surface area contributed by atoms with E-state index in [9.17, 15) is 0 Å². The van der Waals surface area contributed by atoms with Crippen LogP contribution in [0.5, 0.6) is 0 Å². The van der Waals surface area contributed by atoms with Crippen molar-refractivity contribution >= 4 is 11.6 Å². The van der Waals surface area contributed by atoms with Crippen molar-refractivity contribution in [3.63, 3.8) is 0 Å². The predicted molar refractivity (Wildman–Crippen MR) is 70.4 cm³/mol. The molecule has 0 aliphatic heterocycles. The number of aromatic nitrogens is 3. The van der Waals surface area contributed by atoms with E-state index in [0.29, 0.717) is 11.3 Å². The lowest BCUT2D eigenvalue weighted by molar-refractivity contribution is 0.386. The summed E-state index contributed by atoms with van der Waals surface area (Å²) >= 11 is 6.22. The lowest BCUT2D eigenvalue weighted by Gasteiger charge is -2.25.